The number of hydrogen-bond donors (Lipinski definition) is 0. The van der Waals surface area contributed by atoms with E-state index in [9.17, 15) is 4.79 Å². The number of hydrogen-bond acceptors (Lipinski definition) is 2. The van der Waals surface area contributed by atoms with Crippen LogP contribution < -0.4 is 4.74 Å². The first-order valence-electron chi connectivity index (χ1n) is 8.36. The van der Waals surface area contributed by atoms with Crippen LogP contribution in [0.15, 0.2) is 24.3 Å². The Morgan fingerprint density at radius 3 is 2.24 bits per heavy atom. The van der Waals surface area contributed by atoms with Gasteiger partial charge in [0.25, 0.3) is 0 Å². The lowest BCUT2D eigenvalue weighted by Gasteiger charge is -2.56. The van der Waals surface area contributed by atoms with Gasteiger partial charge < -0.3 is 4.74 Å². The molecule has 1 aromatic rings. The van der Waals surface area contributed by atoms with Gasteiger partial charge in [0.2, 0.25) is 0 Å². The molecular weight excluding hydrogens is 260 g/mol. The molecule has 0 amide bonds. The lowest BCUT2D eigenvalue weighted by molar-refractivity contribution is -0.0746. The SMILES string of the molecule is CC(=O)c1ccccc1OCC12CC3CC(CC(C3)C1)C2. The van der Waals surface area contributed by atoms with E-state index in [4.69, 9.17) is 4.74 Å². The predicted molar refractivity (Wildman–Crippen MR) is 82.5 cm³/mol. The standard InChI is InChI=1S/C19H24O2/c1-13(20)17-4-2-3-5-18(17)21-12-19-9-14-6-15(10-19)8-16(7-14)11-19/h2-5,14-16H,6-12H2,1H3. The van der Waals surface area contributed by atoms with Gasteiger partial charge in [-0.05, 0) is 75.3 Å². The Labute approximate surface area is 126 Å². The molecule has 5 rings (SSSR count). The highest BCUT2D eigenvalue weighted by Gasteiger charge is 2.51. The first-order valence-corrected chi connectivity index (χ1v) is 8.36. The molecule has 0 heterocycles. The maximum Gasteiger partial charge on any atom is 0.163 e. The molecule has 4 bridgehead atoms. The van der Waals surface area contributed by atoms with Gasteiger partial charge in [-0.3, -0.25) is 4.79 Å². The number of carbonyl (C=O) groups excluding carboxylic acids is 1. The average Bonchev–Trinajstić information content (AvgIpc) is 2.44. The van der Waals surface area contributed by atoms with Gasteiger partial charge in [-0.25, -0.2) is 0 Å². The normalized spacial score (nSPS) is 36.7. The molecule has 4 fully saturated rings. The van der Waals surface area contributed by atoms with E-state index in [2.05, 4.69) is 0 Å². The van der Waals surface area contributed by atoms with Crippen molar-refractivity contribution in [2.24, 2.45) is 23.2 Å². The summed E-state index contributed by atoms with van der Waals surface area (Å²) in [5.41, 5.74) is 1.13. The van der Waals surface area contributed by atoms with Crippen LogP contribution in [0.2, 0.25) is 0 Å². The van der Waals surface area contributed by atoms with E-state index in [1.54, 1.807) is 6.92 Å². The van der Waals surface area contributed by atoms with E-state index >= 15 is 0 Å². The van der Waals surface area contributed by atoms with E-state index in [1.165, 1.54) is 38.5 Å². The molecule has 0 aliphatic heterocycles. The largest absolute Gasteiger partial charge is 0.492 e. The Hall–Kier alpha value is -1.31. The average molecular weight is 284 g/mol. The highest BCUT2D eigenvalue weighted by Crippen LogP contribution is 2.60. The Bertz CT molecular complexity index is 525. The summed E-state index contributed by atoms with van der Waals surface area (Å²) in [5.74, 6) is 3.71. The summed E-state index contributed by atoms with van der Waals surface area (Å²) in [6.45, 7) is 2.42. The summed E-state index contributed by atoms with van der Waals surface area (Å²) in [6.07, 6.45) is 8.43. The third-order valence-electron chi connectivity index (χ3n) is 5.97. The van der Waals surface area contributed by atoms with E-state index in [-0.39, 0.29) is 5.78 Å². The fourth-order valence-electron chi connectivity index (χ4n) is 5.58. The van der Waals surface area contributed by atoms with Crippen LogP contribution in [-0.2, 0) is 0 Å². The zero-order chi connectivity index (χ0) is 14.4. The summed E-state index contributed by atoms with van der Waals surface area (Å²) < 4.78 is 6.16. The molecule has 0 spiro atoms. The highest BCUT2D eigenvalue weighted by atomic mass is 16.5. The summed E-state index contributed by atoms with van der Waals surface area (Å²) in [6, 6.07) is 7.68. The minimum Gasteiger partial charge on any atom is -0.492 e. The van der Waals surface area contributed by atoms with Crippen LogP contribution in [0.5, 0.6) is 5.75 Å². The molecular formula is C19H24O2. The van der Waals surface area contributed by atoms with Gasteiger partial charge in [-0.1, -0.05) is 12.1 Å². The van der Waals surface area contributed by atoms with Gasteiger partial charge in [0, 0.05) is 5.41 Å². The third kappa shape index (κ3) is 2.39. The minimum absolute atomic E-state index is 0.0936. The Balaban J connectivity index is 1.51. The van der Waals surface area contributed by atoms with Gasteiger partial charge in [-0.15, -0.1) is 0 Å². The van der Waals surface area contributed by atoms with Gasteiger partial charge in [0.1, 0.15) is 5.75 Å². The molecule has 2 nitrogen and oxygen atoms in total. The fraction of sp³-hybridized carbons (Fsp3) is 0.632. The van der Waals surface area contributed by atoms with Crippen molar-refractivity contribution in [3.05, 3.63) is 29.8 Å². The number of carbonyl (C=O) groups is 1. The van der Waals surface area contributed by atoms with Crippen molar-refractivity contribution in [1.29, 1.82) is 0 Å². The van der Waals surface area contributed by atoms with Crippen molar-refractivity contribution in [1.82, 2.24) is 0 Å². The molecule has 112 valence electrons. The van der Waals surface area contributed by atoms with Crippen LogP contribution in [0.1, 0.15) is 55.8 Å². The summed E-state index contributed by atoms with van der Waals surface area (Å²) >= 11 is 0. The predicted octanol–water partition coefficient (Wildman–Crippen LogP) is 4.48. The molecule has 4 aliphatic carbocycles. The number of ketones is 1. The molecule has 0 radical (unpaired) electrons. The number of ether oxygens (including phenoxy) is 1. The molecule has 0 unspecified atom stereocenters. The number of rotatable bonds is 4. The van der Waals surface area contributed by atoms with E-state index in [0.29, 0.717) is 5.41 Å². The lowest BCUT2D eigenvalue weighted by atomic mass is 9.50. The van der Waals surface area contributed by atoms with Crippen molar-refractivity contribution >= 4 is 5.78 Å². The third-order valence-corrected chi connectivity index (χ3v) is 5.97. The highest BCUT2D eigenvalue weighted by molar-refractivity contribution is 5.96. The summed E-state index contributed by atoms with van der Waals surface area (Å²) in [5, 5.41) is 0. The van der Waals surface area contributed by atoms with E-state index in [1.807, 2.05) is 24.3 Å². The lowest BCUT2D eigenvalue weighted by Crippen LogP contribution is -2.48. The zero-order valence-corrected chi connectivity index (χ0v) is 12.8. The van der Waals surface area contributed by atoms with Gasteiger partial charge in [-0.2, -0.15) is 0 Å². The minimum atomic E-state index is 0.0936. The molecule has 21 heavy (non-hydrogen) atoms. The van der Waals surface area contributed by atoms with E-state index < -0.39 is 0 Å². The van der Waals surface area contributed by atoms with Crippen LogP contribution in [-0.4, -0.2) is 12.4 Å². The van der Waals surface area contributed by atoms with Gasteiger partial charge in [0.05, 0.1) is 12.2 Å². The molecule has 0 saturated heterocycles. The summed E-state index contributed by atoms with van der Waals surface area (Å²) in [4.78, 5) is 11.7. The second kappa shape index (κ2) is 4.86. The number of para-hydroxylation sites is 1. The van der Waals surface area contributed by atoms with Gasteiger partial charge >= 0.3 is 0 Å². The Morgan fingerprint density at radius 2 is 1.67 bits per heavy atom. The van der Waals surface area contributed by atoms with Crippen molar-refractivity contribution in [3.8, 4) is 5.75 Å². The quantitative estimate of drug-likeness (QED) is 0.762. The fourth-order valence-corrected chi connectivity index (χ4v) is 5.58. The molecule has 0 atom stereocenters. The smallest absolute Gasteiger partial charge is 0.163 e. The van der Waals surface area contributed by atoms with Crippen LogP contribution in [0.25, 0.3) is 0 Å². The molecule has 4 saturated carbocycles. The number of Topliss-reactive ketones (excluding diaryl/α,β-unsaturated/α-hetero) is 1. The second-order valence-electron chi connectivity index (χ2n) is 7.76. The maximum atomic E-state index is 11.7. The van der Waals surface area contributed by atoms with Crippen molar-refractivity contribution in [2.75, 3.05) is 6.61 Å². The van der Waals surface area contributed by atoms with Crippen molar-refractivity contribution < 1.29 is 9.53 Å². The molecule has 1 aromatic carbocycles. The Morgan fingerprint density at radius 1 is 1.10 bits per heavy atom. The van der Waals surface area contributed by atoms with Crippen molar-refractivity contribution in [3.63, 3.8) is 0 Å². The first-order chi connectivity index (χ1) is 10.1. The molecule has 2 heteroatoms. The molecule has 4 aliphatic rings. The van der Waals surface area contributed by atoms with Crippen LogP contribution >= 0.6 is 0 Å². The summed E-state index contributed by atoms with van der Waals surface area (Å²) in [7, 11) is 0. The monoisotopic (exact) mass is 284 g/mol. The van der Waals surface area contributed by atoms with Crippen LogP contribution in [0, 0.1) is 23.2 Å². The van der Waals surface area contributed by atoms with Crippen LogP contribution in [0.4, 0.5) is 0 Å². The molecule has 0 N–H and O–H groups in total. The zero-order valence-electron chi connectivity index (χ0n) is 12.8. The van der Waals surface area contributed by atoms with Gasteiger partial charge in [0.15, 0.2) is 5.78 Å². The topological polar surface area (TPSA) is 26.3 Å². The van der Waals surface area contributed by atoms with E-state index in [0.717, 1.165) is 35.7 Å². The second-order valence-corrected chi connectivity index (χ2v) is 7.76. The van der Waals surface area contributed by atoms with Crippen molar-refractivity contribution in [2.45, 2.75) is 45.4 Å². The molecule has 0 aromatic heterocycles. The Kier molecular flexibility index (Phi) is 3.09. The maximum absolute atomic E-state index is 11.7. The number of benzene rings is 1. The van der Waals surface area contributed by atoms with Crippen LogP contribution in [0.3, 0.4) is 0 Å². The first kappa shape index (κ1) is 13.4.